The third-order valence-electron chi connectivity index (χ3n) is 2.27. The topological polar surface area (TPSA) is 22.3 Å². The molecule has 1 aromatic rings. The molecule has 0 aliphatic carbocycles. The number of aryl methyl sites for hydroxylation is 1. The fraction of sp³-hybridized carbons (Fsp3) is 0.417. The number of rotatable bonds is 1. The monoisotopic (exact) mass is 213 g/mol. The molecule has 0 saturated heterocycles. The summed E-state index contributed by atoms with van der Waals surface area (Å²) in [5, 5.41) is 8.89. The Morgan fingerprint density at radius 1 is 1.21 bits per heavy atom. The molecule has 0 spiro atoms. The van der Waals surface area contributed by atoms with Gasteiger partial charge < -0.3 is 5.41 Å². The van der Waals surface area contributed by atoms with E-state index in [1.807, 2.05) is 13.0 Å². The Morgan fingerprint density at radius 3 is 2.14 bits per heavy atom. The van der Waals surface area contributed by atoms with E-state index in [2.05, 4.69) is 32.9 Å². The van der Waals surface area contributed by atoms with E-state index in [4.69, 9.17) is 5.41 Å². The predicted molar refractivity (Wildman–Crippen MR) is 58.4 cm³/mol. The third-order valence-corrected chi connectivity index (χ3v) is 2.27. The molecule has 0 aromatic heterocycles. The molecule has 0 heterocycles. The van der Waals surface area contributed by atoms with Crippen LogP contribution in [0.4, 0.5) is 0 Å². The van der Waals surface area contributed by atoms with Crippen LogP contribution in [0.25, 0.3) is 5.41 Å². The molecule has 1 aromatic carbocycles. The van der Waals surface area contributed by atoms with Crippen LogP contribution < -0.4 is 51.4 Å². The molecule has 0 fully saturated rings. The first-order chi connectivity index (χ1) is 5.95. The van der Waals surface area contributed by atoms with E-state index in [0.717, 1.165) is 17.3 Å². The molecule has 0 amide bonds. The van der Waals surface area contributed by atoms with Crippen LogP contribution in [0.5, 0.6) is 0 Å². The number of hydrogen-bond donors (Lipinski definition) is 0. The first kappa shape index (κ1) is 14.5. The smallest absolute Gasteiger partial charge is 0.810 e. The molecule has 0 atom stereocenters. The van der Waals surface area contributed by atoms with Gasteiger partial charge in [-0.2, -0.15) is 6.21 Å². The van der Waals surface area contributed by atoms with Crippen molar-refractivity contribution in [2.45, 2.75) is 33.1 Å². The quantitative estimate of drug-likeness (QED) is 0.472. The van der Waals surface area contributed by atoms with Gasteiger partial charge >= 0.3 is 51.4 Å². The Balaban J connectivity index is 0.00000169. The van der Waals surface area contributed by atoms with Gasteiger partial charge in [0.05, 0.1) is 0 Å². The van der Waals surface area contributed by atoms with E-state index in [9.17, 15) is 0 Å². The van der Waals surface area contributed by atoms with Crippen LogP contribution in [-0.4, -0.2) is 6.21 Å². The van der Waals surface area contributed by atoms with Crippen LogP contribution in [0.3, 0.4) is 0 Å². The zero-order valence-corrected chi connectivity index (χ0v) is 12.9. The Bertz CT molecular complexity index is 324. The molecular formula is C12H16KN. The predicted octanol–water partition coefficient (Wildman–Crippen LogP) is 0.285. The average molecular weight is 213 g/mol. The van der Waals surface area contributed by atoms with Crippen molar-refractivity contribution in [2.24, 2.45) is 0 Å². The molecule has 0 saturated carbocycles. The second kappa shape index (κ2) is 5.57. The van der Waals surface area contributed by atoms with Crippen LogP contribution in [0.2, 0.25) is 0 Å². The average Bonchev–Trinajstić information content (AvgIpc) is 2.02. The molecule has 0 aliphatic rings. The number of nitrogens with zero attached hydrogens (tertiary/aromatic N) is 1. The first-order valence-electron chi connectivity index (χ1n) is 4.53. The van der Waals surface area contributed by atoms with Crippen LogP contribution in [-0.2, 0) is 5.41 Å². The van der Waals surface area contributed by atoms with E-state index < -0.39 is 0 Å². The number of hydrogen-bond acceptors (Lipinski definition) is 0. The summed E-state index contributed by atoms with van der Waals surface area (Å²) in [6, 6.07) is 6.15. The van der Waals surface area contributed by atoms with Gasteiger partial charge in [0.2, 0.25) is 0 Å². The molecule has 0 radical (unpaired) electrons. The van der Waals surface area contributed by atoms with Crippen molar-refractivity contribution in [3.05, 3.63) is 40.3 Å². The van der Waals surface area contributed by atoms with E-state index >= 15 is 0 Å². The zero-order valence-electron chi connectivity index (χ0n) is 9.76. The third kappa shape index (κ3) is 3.59. The molecule has 1 nitrogen and oxygen atoms in total. The summed E-state index contributed by atoms with van der Waals surface area (Å²) in [7, 11) is 0. The molecule has 0 unspecified atom stereocenters. The minimum Gasteiger partial charge on any atom is -0.810 e. The second-order valence-corrected chi connectivity index (χ2v) is 4.45. The standard InChI is InChI=1S/C12H16N.K/c1-9-7-11(12(2,3)4)6-5-10(9)8-13;/h5-8H,1-4H3;/q-1;+1. The molecule has 1 rings (SSSR count). The molecule has 0 N–H and O–H groups in total. The summed E-state index contributed by atoms with van der Waals surface area (Å²) in [5.41, 5.74) is 3.50. The van der Waals surface area contributed by atoms with Crippen LogP contribution in [0.15, 0.2) is 18.2 Å². The first-order valence-corrected chi connectivity index (χ1v) is 4.53. The van der Waals surface area contributed by atoms with E-state index in [-0.39, 0.29) is 56.8 Å². The summed E-state index contributed by atoms with van der Waals surface area (Å²) >= 11 is 0. The molecular weight excluding hydrogens is 197 g/mol. The molecule has 14 heavy (non-hydrogen) atoms. The van der Waals surface area contributed by atoms with Crippen molar-refractivity contribution in [2.75, 3.05) is 0 Å². The van der Waals surface area contributed by atoms with E-state index in [1.165, 1.54) is 5.56 Å². The van der Waals surface area contributed by atoms with Gasteiger partial charge in [0.1, 0.15) is 0 Å². The minimum absolute atomic E-state index is 0. The normalized spacial score (nSPS) is 10.6. The minimum atomic E-state index is 0. The van der Waals surface area contributed by atoms with Crippen molar-refractivity contribution in [1.82, 2.24) is 0 Å². The van der Waals surface area contributed by atoms with Crippen molar-refractivity contribution < 1.29 is 51.4 Å². The SMILES string of the molecule is Cc1cc(C(C)(C)C)ccc1C=[N-].[K+]. The van der Waals surface area contributed by atoms with Crippen LogP contribution in [0, 0.1) is 6.92 Å². The van der Waals surface area contributed by atoms with Crippen molar-refractivity contribution in [3.8, 4) is 0 Å². The molecule has 70 valence electrons. The maximum Gasteiger partial charge on any atom is 1.00 e. The molecule has 0 aliphatic heterocycles. The van der Waals surface area contributed by atoms with Crippen LogP contribution >= 0.6 is 0 Å². The maximum atomic E-state index is 8.89. The van der Waals surface area contributed by atoms with Crippen molar-refractivity contribution >= 4 is 6.21 Å². The van der Waals surface area contributed by atoms with Gasteiger partial charge in [-0.3, -0.25) is 0 Å². The largest absolute Gasteiger partial charge is 1.00 e. The Kier molecular flexibility index (Phi) is 5.78. The van der Waals surface area contributed by atoms with Gasteiger partial charge in [-0.25, -0.2) is 0 Å². The maximum absolute atomic E-state index is 8.89. The summed E-state index contributed by atoms with van der Waals surface area (Å²) < 4.78 is 0. The summed E-state index contributed by atoms with van der Waals surface area (Å²) in [6.07, 6.45) is 1.15. The van der Waals surface area contributed by atoms with Crippen molar-refractivity contribution in [3.63, 3.8) is 0 Å². The Hall–Kier alpha value is 0.526. The van der Waals surface area contributed by atoms with Crippen LogP contribution in [0.1, 0.15) is 37.5 Å². The van der Waals surface area contributed by atoms with Gasteiger partial charge in [-0.05, 0) is 29.0 Å². The summed E-state index contributed by atoms with van der Waals surface area (Å²) in [5.74, 6) is 0. The Morgan fingerprint density at radius 2 is 1.79 bits per heavy atom. The summed E-state index contributed by atoms with van der Waals surface area (Å²) in [6.45, 7) is 8.57. The Labute approximate surface area is 129 Å². The van der Waals surface area contributed by atoms with E-state index in [0.29, 0.717) is 0 Å². The second-order valence-electron chi connectivity index (χ2n) is 4.45. The van der Waals surface area contributed by atoms with Gasteiger partial charge in [0.25, 0.3) is 0 Å². The number of benzene rings is 1. The fourth-order valence-electron chi connectivity index (χ4n) is 1.29. The van der Waals surface area contributed by atoms with Gasteiger partial charge in [-0.1, -0.05) is 39.0 Å². The zero-order chi connectivity index (χ0) is 10.1. The van der Waals surface area contributed by atoms with E-state index in [1.54, 1.807) is 0 Å². The van der Waals surface area contributed by atoms with Gasteiger partial charge in [0, 0.05) is 0 Å². The van der Waals surface area contributed by atoms with Gasteiger partial charge in [-0.15, -0.1) is 0 Å². The summed E-state index contributed by atoms with van der Waals surface area (Å²) in [4.78, 5) is 0. The molecule has 2 heteroatoms. The van der Waals surface area contributed by atoms with Gasteiger partial charge in [0.15, 0.2) is 0 Å². The molecule has 0 bridgehead atoms. The fourth-order valence-corrected chi connectivity index (χ4v) is 1.29. The van der Waals surface area contributed by atoms with Crippen molar-refractivity contribution in [1.29, 1.82) is 0 Å².